The van der Waals surface area contributed by atoms with Gasteiger partial charge in [0.25, 0.3) is 0 Å². The van der Waals surface area contributed by atoms with Gasteiger partial charge in [-0.3, -0.25) is 14.4 Å². The summed E-state index contributed by atoms with van der Waals surface area (Å²) in [6.45, 7) is 6.25. The zero-order valence-electron chi connectivity index (χ0n) is 38.4. The Kier molecular flexibility index (Phi) is 44.6. The van der Waals surface area contributed by atoms with Gasteiger partial charge in [-0.2, -0.15) is 0 Å². The molecular weight excluding hydrogens is 745 g/mol. The maximum absolute atomic E-state index is 12.7. The molecule has 0 aliphatic rings. The van der Waals surface area contributed by atoms with Crippen molar-refractivity contribution in [1.82, 2.24) is 0 Å². The molecule has 0 aromatic rings. The Morgan fingerprint density at radius 1 is 0.367 bits per heavy atom. The maximum Gasteiger partial charge on any atom is 0.306 e. The first-order chi connectivity index (χ1) is 29.5. The number of carbonyl (C=O) groups is 3. The molecule has 6 heteroatoms. The molecule has 0 aromatic heterocycles. The van der Waals surface area contributed by atoms with Crippen molar-refractivity contribution in [1.29, 1.82) is 0 Å². The number of hydrogen-bond donors (Lipinski definition) is 0. The molecule has 0 bridgehead atoms. The Labute approximate surface area is 368 Å². The fourth-order valence-electron chi connectivity index (χ4n) is 5.95. The van der Waals surface area contributed by atoms with Gasteiger partial charge < -0.3 is 14.2 Å². The lowest BCUT2D eigenvalue weighted by molar-refractivity contribution is -0.167. The lowest BCUT2D eigenvalue weighted by atomic mass is 10.1. The topological polar surface area (TPSA) is 78.9 Å². The van der Waals surface area contributed by atoms with Crippen LogP contribution in [0.15, 0.2) is 109 Å². The van der Waals surface area contributed by atoms with Crippen molar-refractivity contribution in [2.75, 3.05) is 13.2 Å². The van der Waals surface area contributed by atoms with Crippen molar-refractivity contribution in [3.05, 3.63) is 109 Å². The molecule has 60 heavy (non-hydrogen) atoms. The van der Waals surface area contributed by atoms with E-state index in [1.165, 1.54) is 25.7 Å². The van der Waals surface area contributed by atoms with Crippen molar-refractivity contribution in [2.45, 2.75) is 200 Å². The van der Waals surface area contributed by atoms with Crippen LogP contribution in [0, 0.1) is 0 Å². The quantitative estimate of drug-likeness (QED) is 0.0201. The molecule has 0 saturated heterocycles. The van der Waals surface area contributed by atoms with Crippen LogP contribution in [0.4, 0.5) is 0 Å². The predicted molar refractivity (Wildman–Crippen MR) is 256 cm³/mol. The second-order valence-corrected chi connectivity index (χ2v) is 15.3. The number of unbranched alkanes of at least 4 members (excludes halogenated alkanes) is 13. The predicted octanol–water partition coefficient (Wildman–Crippen LogP) is 15.6. The molecule has 338 valence electrons. The SMILES string of the molecule is CC/C=C\C/C=C\C/C=C\C/C=C\CCCCCCCCC(=O)OCC(COC(=O)CCCCC/C=C\C=C/CCCC)OC(=O)CCCC/C=C\C/C=C\C/C=C\CC. The molecule has 0 aliphatic heterocycles. The fourth-order valence-corrected chi connectivity index (χ4v) is 5.95. The van der Waals surface area contributed by atoms with Crippen LogP contribution in [0.25, 0.3) is 0 Å². The molecular formula is C54H86O6. The molecule has 6 nitrogen and oxygen atoms in total. The zero-order valence-corrected chi connectivity index (χ0v) is 38.4. The van der Waals surface area contributed by atoms with Crippen LogP contribution in [0.1, 0.15) is 194 Å². The first kappa shape index (κ1) is 56.1. The highest BCUT2D eigenvalue weighted by Gasteiger charge is 2.19. The monoisotopic (exact) mass is 831 g/mol. The van der Waals surface area contributed by atoms with Crippen LogP contribution in [0.3, 0.4) is 0 Å². The third kappa shape index (κ3) is 45.2. The van der Waals surface area contributed by atoms with Gasteiger partial charge in [-0.15, -0.1) is 0 Å². The van der Waals surface area contributed by atoms with Crippen LogP contribution >= 0.6 is 0 Å². The summed E-state index contributed by atoms with van der Waals surface area (Å²) in [4.78, 5) is 37.8. The number of allylic oxidation sites excluding steroid dienone is 18. The Morgan fingerprint density at radius 2 is 0.700 bits per heavy atom. The maximum atomic E-state index is 12.7. The van der Waals surface area contributed by atoms with E-state index in [2.05, 4.69) is 130 Å². The van der Waals surface area contributed by atoms with E-state index in [0.29, 0.717) is 19.3 Å². The molecule has 0 rings (SSSR count). The van der Waals surface area contributed by atoms with Crippen molar-refractivity contribution in [3.63, 3.8) is 0 Å². The van der Waals surface area contributed by atoms with E-state index >= 15 is 0 Å². The third-order valence-corrected chi connectivity index (χ3v) is 9.52. The molecule has 0 fully saturated rings. The van der Waals surface area contributed by atoms with Crippen molar-refractivity contribution in [2.24, 2.45) is 0 Å². The van der Waals surface area contributed by atoms with Gasteiger partial charge in [-0.1, -0.05) is 175 Å². The summed E-state index contributed by atoms with van der Waals surface area (Å²) < 4.78 is 16.7. The summed E-state index contributed by atoms with van der Waals surface area (Å²) in [6, 6.07) is 0. The zero-order chi connectivity index (χ0) is 43.7. The lowest BCUT2D eigenvalue weighted by Crippen LogP contribution is -2.30. The van der Waals surface area contributed by atoms with Gasteiger partial charge >= 0.3 is 17.9 Å². The molecule has 0 heterocycles. The third-order valence-electron chi connectivity index (χ3n) is 9.52. The van der Waals surface area contributed by atoms with E-state index in [-0.39, 0.29) is 37.5 Å². The normalized spacial score (nSPS) is 13.1. The second-order valence-electron chi connectivity index (χ2n) is 15.3. The van der Waals surface area contributed by atoms with Crippen molar-refractivity contribution >= 4 is 17.9 Å². The van der Waals surface area contributed by atoms with Gasteiger partial charge in [0, 0.05) is 19.3 Å². The van der Waals surface area contributed by atoms with E-state index in [0.717, 1.165) is 122 Å². The van der Waals surface area contributed by atoms with Crippen molar-refractivity contribution in [3.8, 4) is 0 Å². The van der Waals surface area contributed by atoms with Crippen LogP contribution in [-0.4, -0.2) is 37.2 Å². The summed E-state index contributed by atoms with van der Waals surface area (Å²) in [5, 5.41) is 0. The Morgan fingerprint density at radius 3 is 1.17 bits per heavy atom. The van der Waals surface area contributed by atoms with Gasteiger partial charge in [0.2, 0.25) is 0 Å². The molecule has 0 aliphatic carbocycles. The van der Waals surface area contributed by atoms with Crippen LogP contribution in [-0.2, 0) is 28.6 Å². The molecule has 0 spiro atoms. The Balaban J connectivity index is 4.46. The molecule has 0 saturated carbocycles. The summed E-state index contributed by atoms with van der Waals surface area (Å²) in [5.74, 6) is -1.00. The molecule has 1 unspecified atom stereocenters. The largest absolute Gasteiger partial charge is 0.462 e. The summed E-state index contributed by atoms with van der Waals surface area (Å²) >= 11 is 0. The van der Waals surface area contributed by atoms with Gasteiger partial charge in [-0.25, -0.2) is 0 Å². The van der Waals surface area contributed by atoms with E-state index < -0.39 is 6.10 Å². The minimum absolute atomic E-state index is 0.112. The second kappa shape index (κ2) is 47.7. The summed E-state index contributed by atoms with van der Waals surface area (Å²) in [7, 11) is 0. The summed E-state index contributed by atoms with van der Waals surface area (Å²) in [6.07, 6.45) is 63.6. The molecule has 0 N–H and O–H groups in total. The Bertz CT molecular complexity index is 1280. The standard InChI is InChI=1S/C54H86O6/c1-4-7-10-13-16-19-22-24-25-26-27-28-29-30-33-35-38-41-44-47-53(56)59-50-51(49-58-52(55)46-43-40-37-34-31-21-18-15-12-9-6-3)60-54(57)48-45-42-39-36-32-23-20-17-14-11-8-5-2/h7-8,10-11,15-21,24-25,27-28,31-32,36,51H,4-6,9,12-14,22-23,26,29-30,33-35,37-50H2,1-3H3/b10-7-,11-8-,18-15-,19-16-,20-17-,25-24-,28-27-,31-21-,36-32-. The first-order valence-corrected chi connectivity index (χ1v) is 23.9. The number of carbonyl (C=O) groups excluding carboxylic acids is 3. The number of ether oxygens (including phenoxy) is 3. The first-order valence-electron chi connectivity index (χ1n) is 23.9. The van der Waals surface area contributed by atoms with Gasteiger partial charge in [0.05, 0.1) is 0 Å². The minimum atomic E-state index is -0.815. The molecule has 0 amide bonds. The smallest absolute Gasteiger partial charge is 0.306 e. The van der Waals surface area contributed by atoms with E-state index in [4.69, 9.17) is 14.2 Å². The Hall–Kier alpha value is -3.93. The fraction of sp³-hybridized carbons (Fsp3) is 0.611. The molecule has 1 atom stereocenters. The minimum Gasteiger partial charge on any atom is -0.462 e. The van der Waals surface area contributed by atoms with E-state index in [9.17, 15) is 14.4 Å². The van der Waals surface area contributed by atoms with Gasteiger partial charge in [0.1, 0.15) is 13.2 Å². The highest BCUT2D eigenvalue weighted by atomic mass is 16.6. The highest BCUT2D eigenvalue weighted by molar-refractivity contribution is 5.71. The average molecular weight is 831 g/mol. The molecule has 0 aromatic carbocycles. The van der Waals surface area contributed by atoms with E-state index in [1.54, 1.807) is 0 Å². The number of rotatable bonds is 41. The summed E-state index contributed by atoms with van der Waals surface area (Å²) in [5.41, 5.74) is 0. The average Bonchev–Trinajstić information content (AvgIpc) is 3.24. The molecule has 0 radical (unpaired) electrons. The number of esters is 3. The van der Waals surface area contributed by atoms with E-state index in [1.807, 2.05) is 0 Å². The van der Waals surface area contributed by atoms with Crippen molar-refractivity contribution < 1.29 is 28.6 Å². The van der Waals surface area contributed by atoms with Crippen LogP contribution < -0.4 is 0 Å². The van der Waals surface area contributed by atoms with Crippen LogP contribution in [0.2, 0.25) is 0 Å². The van der Waals surface area contributed by atoms with Crippen LogP contribution in [0.5, 0.6) is 0 Å². The van der Waals surface area contributed by atoms with Gasteiger partial charge in [-0.05, 0) is 109 Å². The highest BCUT2D eigenvalue weighted by Crippen LogP contribution is 2.12. The lowest BCUT2D eigenvalue weighted by Gasteiger charge is -2.18. The number of hydrogen-bond acceptors (Lipinski definition) is 6. The van der Waals surface area contributed by atoms with Gasteiger partial charge in [0.15, 0.2) is 6.10 Å².